The number of hydrogen-bond donors (Lipinski definition) is 6. The van der Waals surface area contributed by atoms with E-state index < -0.39 is 70.7 Å². The second kappa shape index (κ2) is 34.9. The molecule has 5 aromatic rings. The van der Waals surface area contributed by atoms with Crippen LogP contribution >= 0.6 is 23.4 Å². The average molecular weight is 1460 g/mol. The minimum atomic E-state index is -6.16. The smallest absolute Gasteiger partial charge is 0.386 e. The zero-order valence-corrected chi connectivity index (χ0v) is 60.0. The molecule has 9 rings (SSSR count). The monoisotopic (exact) mass is 1460 g/mol. The van der Waals surface area contributed by atoms with Crippen molar-refractivity contribution >= 4 is 95.4 Å². The average Bonchev–Trinajstić information content (AvgIpc) is 1.02. The molecule has 0 saturated carbocycles. The zero-order chi connectivity index (χ0) is 71.8. The summed E-state index contributed by atoms with van der Waals surface area (Å²) in [5.41, 5.74) is 5.31. The molecule has 100 heavy (non-hydrogen) atoms. The van der Waals surface area contributed by atoms with Gasteiger partial charge in [0.2, 0.25) is 17.7 Å². The number of anilines is 3. The van der Waals surface area contributed by atoms with E-state index in [9.17, 15) is 54.0 Å². The van der Waals surface area contributed by atoms with E-state index in [2.05, 4.69) is 67.7 Å². The number of nitrogens with one attached hydrogen (secondary N) is 5. The van der Waals surface area contributed by atoms with Gasteiger partial charge in [0.05, 0.1) is 42.2 Å². The molecule has 2 atom stereocenters. The van der Waals surface area contributed by atoms with Crippen LogP contribution in [0.15, 0.2) is 147 Å². The predicted octanol–water partition coefficient (Wildman–Crippen LogP) is 8.25. The van der Waals surface area contributed by atoms with Gasteiger partial charge in [-0.15, -0.1) is 11.8 Å². The Bertz CT molecular complexity index is 3990. The summed E-state index contributed by atoms with van der Waals surface area (Å²) in [7, 11) is -11.1. The maximum absolute atomic E-state index is 14.5. The van der Waals surface area contributed by atoms with E-state index in [1.165, 1.54) is 52.4 Å². The highest BCUT2D eigenvalue weighted by Gasteiger charge is 2.49. The van der Waals surface area contributed by atoms with Gasteiger partial charge in [0, 0.05) is 137 Å². The van der Waals surface area contributed by atoms with E-state index in [0.29, 0.717) is 126 Å². The highest BCUT2D eigenvalue weighted by molar-refractivity contribution is 7.99. The largest absolute Gasteiger partial charge is 0.501 e. The van der Waals surface area contributed by atoms with Gasteiger partial charge in [-0.25, -0.2) is 21.6 Å². The molecule has 3 aliphatic heterocycles. The first-order chi connectivity index (χ1) is 47.6. The van der Waals surface area contributed by atoms with Crippen LogP contribution in [0.2, 0.25) is 5.02 Å². The van der Waals surface area contributed by atoms with Crippen molar-refractivity contribution < 1.29 is 69.2 Å². The number of carbonyl (C=O) groups is 5. The first-order valence-corrected chi connectivity index (χ1v) is 37.9. The summed E-state index contributed by atoms with van der Waals surface area (Å²) in [6.45, 7) is 16.0. The number of hydrogen-bond acceptors (Lipinski definition) is 18. The van der Waals surface area contributed by atoms with Crippen LogP contribution in [0, 0.1) is 5.41 Å². The van der Waals surface area contributed by atoms with Crippen LogP contribution in [-0.4, -0.2) is 194 Å². The van der Waals surface area contributed by atoms with Gasteiger partial charge in [0.15, 0.2) is 0 Å². The summed E-state index contributed by atoms with van der Waals surface area (Å²) < 4.78 is 111. The molecule has 4 aliphatic rings. The third-order valence-electron chi connectivity index (χ3n) is 18.2. The number of thioether (sulfide) groups is 1. The van der Waals surface area contributed by atoms with Gasteiger partial charge >= 0.3 is 5.51 Å². The molecule has 540 valence electrons. The lowest BCUT2D eigenvalue weighted by atomic mass is 9.73. The Balaban J connectivity index is 0.706. The number of quaternary nitrogens is 1. The molecule has 5 amide bonds. The summed E-state index contributed by atoms with van der Waals surface area (Å²) in [4.78, 5) is 72.6. The Kier molecular flexibility index (Phi) is 26.7. The van der Waals surface area contributed by atoms with Crippen LogP contribution in [0.4, 0.5) is 30.2 Å². The molecule has 2 saturated heterocycles. The van der Waals surface area contributed by atoms with Crippen molar-refractivity contribution in [1.29, 1.82) is 0 Å². The normalized spacial score (nSPS) is 17.0. The summed E-state index contributed by atoms with van der Waals surface area (Å²) >= 11 is 7.62. The number of alkyl halides is 3. The van der Waals surface area contributed by atoms with Crippen LogP contribution in [0.5, 0.6) is 0 Å². The van der Waals surface area contributed by atoms with Crippen molar-refractivity contribution in [1.82, 2.24) is 35.0 Å². The number of piperazine rings is 2. The van der Waals surface area contributed by atoms with Crippen molar-refractivity contribution in [3.63, 3.8) is 0 Å². The van der Waals surface area contributed by atoms with E-state index in [0.717, 1.165) is 67.2 Å². The molecule has 2 fully saturated rings. The molecule has 5 aromatic carbocycles. The molecule has 0 radical (unpaired) electrons. The highest BCUT2D eigenvalue weighted by atomic mass is 35.5. The summed E-state index contributed by atoms with van der Waals surface area (Å²) in [5.74, 6) is -2.13. The van der Waals surface area contributed by atoms with Gasteiger partial charge in [0.25, 0.3) is 31.7 Å². The molecule has 3 heterocycles. The molecular formula is C71H90ClF3N11O11S3+. The third kappa shape index (κ3) is 21.0. The Labute approximate surface area is 592 Å². The fourth-order valence-electron chi connectivity index (χ4n) is 12.6. The van der Waals surface area contributed by atoms with E-state index in [1.807, 2.05) is 59.3 Å². The quantitative estimate of drug-likeness (QED) is 0.0175. The molecule has 8 N–H and O–H groups in total. The van der Waals surface area contributed by atoms with Crippen LogP contribution < -0.4 is 36.6 Å². The molecule has 0 spiro atoms. The Morgan fingerprint density at radius 3 is 2.21 bits per heavy atom. The van der Waals surface area contributed by atoms with Gasteiger partial charge < -0.3 is 45.9 Å². The zero-order valence-electron chi connectivity index (χ0n) is 56.8. The van der Waals surface area contributed by atoms with Gasteiger partial charge in [-0.3, -0.25) is 39.1 Å². The topological polar surface area (TPSA) is 276 Å². The molecular weight excluding hydrogens is 1370 g/mol. The maximum atomic E-state index is 14.5. The molecule has 22 nitrogen and oxygen atoms in total. The Morgan fingerprint density at radius 1 is 0.810 bits per heavy atom. The van der Waals surface area contributed by atoms with Gasteiger partial charge in [-0.05, 0) is 134 Å². The van der Waals surface area contributed by atoms with E-state index >= 15 is 0 Å². The fourth-order valence-corrected chi connectivity index (χ4v) is 15.7. The first-order valence-electron chi connectivity index (χ1n) is 33.5. The number of ether oxygens (including phenoxy) is 2. The minimum Gasteiger partial charge on any atom is -0.386 e. The lowest BCUT2D eigenvalue weighted by Crippen LogP contribution is -2.50. The van der Waals surface area contributed by atoms with Gasteiger partial charge in [-0.2, -0.15) is 13.2 Å². The third-order valence-corrected chi connectivity index (χ3v) is 22.4. The summed E-state index contributed by atoms with van der Waals surface area (Å²) in [5, 5.41) is 12.4. The Morgan fingerprint density at radius 2 is 1.51 bits per heavy atom. The number of imide groups is 1. The SMILES string of the molecule is CC(=O)NC(=O)C(C)N1Cc2cccc(NCCOCCOCC([NH3+])=CNCCCC(=O)N3CCN(CCC(CSc4ccccc4)Nc4ccc(S(=O)(=O)NC(=O)c5ccc(N6CCN(CC7=C(c8ccc(Cl)cc8)CCC(C)(C)C7)CC6)cc5)cc4S(=O)(=O)C(F)(F)F)CC3)c2C1=O. The lowest BCUT2D eigenvalue weighted by Gasteiger charge is -2.39. The van der Waals surface area contributed by atoms with E-state index in [4.69, 9.17) is 21.1 Å². The number of halogens is 4. The second-order valence-corrected chi connectivity index (χ2v) is 31.3. The number of amides is 5. The Hall–Kier alpha value is -7.54. The fraction of sp³-hybridized carbons (Fsp3) is 0.451. The number of carbonyl (C=O) groups excluding carboxylic acids is 5. The number of allylic oxidation sites excluding steroid dienone is 1. The number of rotatable bonds is 32. The number of benzene rings is 5. The van der Waals surface area contributed by atoms with Crippen molar-refractivity contribution in [2.24, 2.45) is 5.41 Å². The van der Waals surface area contributed by atoms with Gasteiger partial charge in [0.1, 0.15) is 23.2 Å². The van der Waals surface area contributed by atoms with Gasteiger partial charge in [-0.1, -0.05) is 73.5 Å². The van der Waals surface area contributed by atoms with Crippen LogP contribution in [0.3, 0.4) is 0 Å². The van der Waals surface area contributed by atoms with Crippen molar-refractivity contribution in [3.05, 3.63) is 160 Å². The number of nitrogens with zero attached hydrogens (tertiary/aromatic N) is 5. The molecule has 29 heteroatoms. The minimum absolute atomic E-state index is 0.0103. The lowest BCUT2D eigenvalue weighted by molar-refractivity contribution is -0.313. The number of fused-ring (bicyclic) bond motifs is 1. The van der Waals surface area contributed by atoms with Crippen LogP contribution in [-0.2, 0) is 50.3 Å². The first kappa shape index (κ1) is 76.6. The van der Waals surface area contributed by atoms with Crippen LogP contribution in [0.25, 0.3) is 5.57 Å². The molecule has 1 aliphatic carbocycles. The second-order valence-electron chi connectivity index (χ2n) is 26.2. The van der Waals surface area contributed by atoms with Crippen LogP contribution in [0.1, 0.15) is 98.1 Å². The summed E-state index contributed by atoms with van der Waals surface area (Å²) in [6, 6.07) is 30.0. The predicted molar refractivity (Wildman–Crippen MR) is 381 cm³/mol. The molecule has 0 aromatic heterocycles. The number of sulfonamides is 1. The van der Waals surface area contributed by atoms with E-state index in [-0.39, 0.29) is 41.7 Å². The van der Waals surface area contributed by atoms with Crippen molar-refractivity contribution in [2.45, 2.75) is 105 Å². The standard InChI is InChI=1S/C71H89ClF3N11O11S3/c1-49(67(89)79-50(2)87)86-46-53-10-8-13-63(66(53)69(86)91)78-29-39-96-40-41-97-47-56(76)44-77-28-9-14-65(88)85-37-31-82(32-38-85)30-26-57(48-98-59-11-6-5-7-12-59)80-62-24-23-60(42-64(62)99(92,93)71(73,74)75)100(94,95)81-68(90)52-17-21-58(22-18-52)84-35-33-83(34-36-84)45-54-43-70(3,4)27-25-61(54)51-15-19-55(72)20-16-51/h5-8,10-13,15-24,42,44,49,57,77-78,80H,9,14,25-41,43,45-48,76H2,1-4H3,(H,81,90)(H,79,87,89)/p+1. The van der Waals surface area contributed by atoms with E-state index in [1.54, 1.807) is 36.2 Å². The maximum Gasteiger partial charge on any atom is 0.501 e. The molecule has 2 unspecified atom stereocenters. The number of sulfone groups is 1. The van der Waals surface area contributed by atoms with Crippen molar-refractivity contribution in [3.8, 4) is 0 Å². The highest BCUT2D eigenvalue weighted by Crippen LogP contribution is 2.43. The summed E-state index contributed by atoms with van der Waals surface area (Å²) in [6.07, 6.45) is 6.02. The molecule has 0 bridgehead atoms. The van der Waals surface area contributed by atoms with Crippen molar-refractivity contribution in [2.75, 3.05) is 126 Å².